The molecule has 0 unspecified atom stereocenters. The van der Waals surface area contributed by atoms with Crippen LogP contribution in [0.1, 0.15) is 39.3 Å². The van der Waals surface area contributed by atoms with E-state index in [9.17, 15) is 14.7 Å². The normalized spacial score (nSPS) is 18.3. The minimum Gasteiger partial charge on any atom is -0.461 e. The Hall–Kier alpha value is -1.65. The first-order valence-corrected chi connectivity index (χ1v) is 10.3. The first-order valence-electron chi connectivity index (χ1n) is 8.47. The summed E-state index contributed by atoms with van der Waals surface area (Å²) in [6, 6.07) is 0. The summed E-state index contributed by atoms with van der Waals surface area (Å²) in [5.41, 5.74) is 5.93. The Morgan fingerprint density at radius 1 is 1.58 bits per heavy atom. The van der Waals surface area contributed by atoms with Crippen LogP contribution in [0.15, 0.2) is 11.0 Å². The van der Waals surface area contributed by atoms with Gasteiger partial charge in [0.2, 0.25) is 5.95 Å². The van der Waals surface area contributed by atoms with Gasteiger partial charge in [-0.05, 0) is 25.7 Å². The van der Waals surface area contributed by atoms with Gasteiger partial charge in [0.25, 0.3) is 0 Å². The van der Waals surface area contributed by atoms with E-state index in [2.05, 4.69) is 9.97 Å². The summed E-state index contributed by atoms with van der Waals surface area (Å²) in [5, 5.41) is 10.6. The molecular weight excluding hydrogens is 376 g/mol. The Morgan fingerprint density at radius 2 is 2.31 bits per heavy atom. The van der Waals surface area contributed by atoms with Crippen LogP contribution < -0.4 is 10.6 Å². The van der Waals surface area contributed by atoms with E-state index in [1.807, 2.05) is 6.92 Å². The molecule has 3 rings (SSSR count). The third-order valence-electron chi connectivity index (χ3n) is 4.56. The highest BCUT2D eigenvalue weighted by molar-refractivity contribution is 7.99. The predicted octanol–water partition coefficient (Wildman–Crippen LogP) is 1.78. The van der Waals surface area contributed by atoms with Crippen molar-refractivity contribution in [3.8, 4) is 0 Å². The van der Waals surface area contributed by atoms with E-state index < -0.39 is 6.23 Å². The van der Waals surface area contributed by atoms with Crippen LogP contribution >= 0.6 is 23.1 Å². The van der Waals surface area contributed by atoms with Crippen LogP contribution in [0.4, 0.5) is 5.95 Å². The average Bonchev–Trinajstić information content (AvgIpc) is 2.84. The van der Waals surface area contributed by atoms with Crippen molar-refractivity contribution in [3.63, 3.8) is 0 Å². The number of thioether (sulfide) groups is 1. The van der Waals surface area contributed by atoms with Gasteiger partial charge < -0.3 is 15.6 Å². The number of hydrogen-bond acceptors (Lipinski definition) is 9. The summed E-state index contributed by atoms with van der Waals surface area (Å²) in [7, 11) is 0. The number of aromatic nitrogens is 3. The third-order valence-corrected chi connectivity index (χ3v) is 6.73. The number of aliphatic hydroxyl groups is 1. The molecule has 10 heteroatoms. The number of aliphatic hydroxyl groups excluding tert-OH is 1. The van der Waals surface area contributed by atoms with Gasteiger partial charge in [0.05, 0.1) is 10.9 Å². The molecule has 2 aromatic heterocycles. The first-order chi connectivity index (χ1) is 12.4. The summed E-state index contributed by atoms with van der Waals surface area (Å²) in [6.07, 6.45) is 3.52. The van der Waals surface area contributed by atoms with Gasteiger partial charge in [0.1, 0.15) is 12.3 Å². The molecule has 0 amide bonds. The van der Waals surface area contributed by atoms with E-state index >= 15 is 0 Å². The lowest BCUT2D eigenvalue weighted by Crippen LogP contribution is -2.38. The van der Waals surface area contributed by atoms with E-state index in [4.69, 9.17) is 10.5 Å². The topological polar surface area (TPSA) is 120 Å². The van der Waals surface area contributed by atoms with Crippen molar-refractivity contribution in [1.29, 1.82) is 0 Å². The molecule has 1 aliphatic rings. The van der Waals surface area contributed by atoms with E-state index in [1.165, 1.54) is 29.4 Å². The predicted molar refractivity (Wildman–Crippen MR) is 102 cm³/mol. The van der Waals surface area contributed by atoms with Crippen molar-refractivity contribution >= 4 is 45.4 Å². The zero-order valence-electron chi connectivity index (χ0n) is 14.6. The molecule has 0 aromatic carbocycles. The molecule has 2 aromatic rings. The highest BCUT2D eigenvalue weighted by atomic mass is 32.2. The molecule has 2 heterocycles. The van der Waals surface area contributed by atoms with E-state index in [0.717, 1.165) is 30.6 Å². The van der Waals surface area contributed by atoms with Crippen molar-refractivity contribution in [1.82, 2.24) is 14.5 Å². The summed E-state index contributed by atoms with van der Waals surface area (Å²) in [6.45, 7) is 3.40. The third kappa shape index (κ3) is 4.02. The monoisotopic (exact) mass is 398 g/mol. The molecule has 0 bridgehead atoms. The molecule has 3 atom stereocenters. The molecule has 0 aliphatic heterocycles. The second-order valence-corrected chi connectivity index (χ2v) is 8.84. The second-order valence-electron chi connectivity index (χ2n) is 6.44. The second kappa shape index (κ2) is 7.93. The van der Waals surface area contributed by atoms with Crippen molar-refractivity contribution in [2.24, 2.45) is 5.92 Å². The number of nitrogen functional groups attached to an aromatic ring is 1. The van der Waals surface area contributed by atoms with Crippen molar-refractivity contribution in [2.75, 3.05) is 11.5 Å². The highest BCUT2D eigenvalue weighted by Crippen LogP contribution is 2.36. The van der Waals surface area contributed by atoms with E-state index in [-0.39, 0.29) is 33.9 Å². The van der Waals surface area contributed by atoms with Gasteiger partial charge in [-0.3, -0.25) is 14.2 Å². The lowest BCUT2D eigenvalue weighted by atomic mass is 9.80. The number of ether oxygens (including phenoxy) is 1. The Labute approximate surface area is 158 Å². The lowest BCUT2D eigenvalue weighted by molar-refractivity contribution is -0.150. The molecule has 0 radical (unpaired) electrons. The Kier molecular flexibility index (Phi) is 5.83. The van der Waals surface area contributed by atoms with Gasteiger partial charge in [-0.1, -0.05) is 17.8 Å². The molecule has 8 nitrogen and oxygen atoms in total. The summed E-state index contributed by atoms with van der Waals surface area (Å²) >= 11 is 2.45. The molecule has 3 N–H and O–H groups in total. The lowest BCUT2D eigenvalue weighted by Gasteiger charge is -2.36. The maximum atomic E-state index is 12.2. The van der Waals surface area contributed by atoms with Crippen LogP contribution in [-0.4, -0.2) is 42.7 Å². The zero-order chi connectivity index (χ0) is 18.8. The van der Waals surface area contributed by atoms with Crippen LogP contribution in [0, 0.1) is 5.92 Å². The number of carbonyl (C=O) groups is 1. The minimum atomic E-state index is -1.04. The van der Waals surface area contributed by atoms with Gasteiger partial charge in [0, 0.05) is 17.9 Å². The first kappa shape index (κ1) is 19.1. The Bertz CT molecular complexity index is 848. The number of nitrogens with two attached hydrogens (primary N) is 1. The molecule has 1 fully saturated rings. The smallest absolute Gasteiger partial charge is 0.311 e. The van der Waals surface area contributed by atoms with Gasteiger partial charge in [-0.15, -0.1) is 0 Å². The number of carbonyl (C=O) groups excluding carboxylic acids is 1. The molecule has 1 aliphatic carbocycles. The zero-order valence-corrected chi connectivity index (χ0v) is 16.3. The van der Waals surface area contributed by atoms with Crippen LogP contribution in [0.5, 0.6) is 0 Å². The quantitative estimate of drug-likeness (QED) is 0.677. The fourth-order valence-electron chi connectivity index (χ4n) is 3.05. The molecule has 0 saturated heterocycles. The number of fused-ring (bicyclic) bond motifs is 1. The standard InChI is InChI=1S/C16H22N4O4S2/c1-8(13(24-9(2)21)10-4-3-5-10)25-7-12(22)20-14-11(26-16(20)23)6-18-15(17)19-14/h6,8,10,12-13,22H,3-5,7H2,1-2H3,(H2,17,18,19)/t8-,12-,13-/m1/s1. The summed E-state index contributed by atoms with van der Waals surface area (Å²) < 4.78 is 7.32. The molecule has 142 valence electrons. The minimum absolute atomic E-state index is 0.0131. The maximum absolute atomic E-state index is 12.2. The van der Waals surface area contributed by atoms with Crippen LogP contribution in [0.3, 0.4) is 0 Å². The summed E-state index contributed by atoms with van der Waals surface area (Å²) in [4.78, 5) is 31.2. The molecular formula is C16H22N4O4S2. The maximum Gasteiger partial charge on any atom is 0.311 e. The fraction of sp³-hybridized carbons (Fsp3) is 0.625. The number of thiazole rings is 1. The van der Waals surface area contributed by atoms with Gasteiger partial charge >= 0.3 is 10.8 Å². The van der Waals surface area contributed by atoms with E-state index in [1.54, 1.807) is 0 Å². The number of nitrogens with zero attached hydrogens (tertiary/aromatic N) is 3. The number of rotatable bonds is 7. The average molecular weight is 399 g/mol. The highest BCUT2D eigenvalue weighted by Gasteiger charge is 2.34. The molecule has 0 spiro atoms. The number of hydrogen-bond donors (Lipinski definition) is 2. The number of esters is 1. The van der Waals surface area contributed by atoms with Crippen LogP contribution in [0.25, 0.3) is 10.3 Å². The van der Waals surface area contributed by atoms with Gasteiger partial charge in [0.15, 0.2) is 5.65 Å². The Balaban J connectivity index is 1.70. The SMILES string of the molecule is CC(=O)O[C@@H](C1CCC1)[C@@H](C)SC[C@@H](O)n1c(=O)sc2cnc(N)nc21. The molecule has 26 heavy (non-hydrogen) atoms. The van der Waals surface area contributed by atoms with Gasteiger partial charge in [-0.25, -0.2) is 4.98 Å². The Morgan fingerprint density at radius 3 is 2.92 bits per heavy atom. The molecule has 1 saturated carbocycles. The number of anilines is 1. The van der Waals surface area contributed by atoms with Crippen LogP contribution in [0.2, 0.25) is 0 Å². The van der Waals surface area contributed by atoms with Crippen molar-refractivity contribution in [3.05, 3.63) is 15.9 Å². The largest absolute Gasteiger partial charge is 0.461 e. The summed E-state index contributed by atoms with van der Waals surface area (Å²) in [5.74, 6) is 0.413. The van der Waals surface area contributed by atoms with Crippen LogP contribution in [-0.2, 0) is 9.53 Å². The van der Waals surface area contributed by atoms with Crippen molar-refractivity contribution < 1.29 is 14.6 Å². The van der Waals surface area contributed by atoms with E-state index in [0.29, 0.717) is 16.3 Å². The van der Waals surface area contributed by atoms with Gasteiger partial charge in [-0.2, -0.15) is 16.7 Å². The fourth-order valence-corrected chi connectivity index (χ4v) is 4.98. The van der Waals surface area contributed by atoms with Crippen molar-refractivity contribution in [2.45, 2.75) is 50.7 Å².